The quantitative estimate of drug-likeness (QED) is 0.924. The summed E-state index contributed by atoms with van der Waals surface area (Å²) in [6.07, 6.45) is 5.25. The SMILES string of the molecule is CNc1cncc([C@@H]2CCCN2C(=O)c2ccc3c(c2)OCCO3)n1. The van der Waals surface area contributed by atoms with E-state index in [1.807, 2.05) is 4.90 Å². The molecule has 0 unspecified atom stereocenters. The molecule has 7 nitrogen and oxygen atoms in total. The molecular formula is C18H20N4O3. The van der Waals surface area contributed by atoms with Gasteiger partial charge in [-0.15, -0.1) is 0 Å². The average molecular weight is 340 g/mol. The average Bonchev–Trinajstić information content (AvgIpc) is 3.17. The second-order valence-corrected chi connectivity index (χ2v) is 6.09. The Hall–Kier alpha value is -2.83. The van der Waals surface area contributed by atoms with Gasteiger partial charge in [0.25, 0.3) is 5.91 Å². The zero-order valence-corrected chi connectivity index (χ0v) is 14.1. The van der Waals surface area contributed by atoms with Crippen LogP contribution in [0.15, 0.2) is 30.6 Å². The summed E-state index contributed by atoms with van der Waals surface area (Å²) in [5.41, 5.74) is 1.42. The number of nitrogens with one attached hydrogen (secondary N) is 1. The van der Waals surface area contributed by atoms with Crippen LogP contribution >= 0.6 is 0 Å². The van der Waals surface area contributed by atoms with E-state index in [-0.39, 0.29) is 11.9 Å². The third kappa shape index (κ3) is 2.97. The molecule has 4 rings (SSSR count). The molecule has 1 N–H and O–H groups in total. The Balaban J connectivity index is 1.60. The fourth-order valence-corrected chi connectivity index (χ4v) is 3.32. The minimum Gasteiger partial charge on any atom is -0.486 e. The zero-order valence-electron chi connectivity index (χ0n) is 14.1. The number of hydrogen-bond donors (Lipinski definition) is 1. The number of carbonyl (C=O) groups is 1. The molecule has 0 radical (unpaired) electrons. The molecule has 1 saturated heterocycles. The second-order valence-electron chi connectivity index (χ2n) is 6.09. The van der Waals surface area contributed by atoms with Crippen LogP contribution in [0.5, 0.6) is 11.5 Å². The molecule has 2 aliphatic rings. The predicted molar refractivity (Wildman–Crippen MR) is 92.0 cm³/mol. The van der Waals surface area contributed by atoms with Gasteiger partial charge in [-0.1, -0.05) is 0 Å². The lowest BCUT2D eigenvalue weighted by Crippen LogP contribution is -2.31. The van der Waals surface area contributed by atoms with Gasteiger partial charge in [0.1, 0.15) is 19.0 Å². The molecule has 1 aromatic carbocycles. The molecule has 7 heteroatoms. The Morgan fingerprint density at radius 2 is 2.08 bits per heavy atom. The van der Waals surface area contributed by atoms with E-state index in [1.54, 1.807) is 37.6 Å². The predicted octanol–water partition coefficient (Wildman–Crippen LogP) is 2.27. The molecule has 1 aromatic heterocycles. The summed E-state index contributed by atoms with van der Waals surface area (Å²) in [7, 11) is 1.81. The summed E-state index contributed by atoms with van der Waals surface area (Å²) in [4.78, 5) is 23.7. The number of anilines is 1. The normalized spacial score (nSPS) is 18.9. The third-order valence-electron chi connectivity index (χ3n) is 4.55. The highest BCUT2D eigenvalue weighted by Gasteiger charge is 2.32. The smallest absolute Gasteiger partial charge is 0.254 e. The summed E-state index contributed by atoms with van der Waals surface area (Å²) in [6, 6.07) is 5.30. The van der Waals surface area contributed by atoms with E-state index >= 15 is 0 Å². The van der Waals surface area contributed by atoms with Gasteiger partial charge in [0.05, 0.1) is 24.1 Å². The van der Waals surface area contributed by atoms with Gasteiger partial charge in [0.2, 0.25) is 0 Å². The summed E-state index contributed by atoms with van der Waals surface area (Å²) >= 11 is 0. The molecule has 0 aliphatic carbocycles. The largest absolute Gasteiger partial charge is 0.486 e. The van der Waals surface area contributed by atoms with E-state index in [0.717, 1.165) is 18.5 Å². The lowest BCUT2D eigenvalue weighted by atomic mass is 10.1. The Kier molecular flexibility index (Phi) is 4.13. The van der Waals surface area contributed by atoms with Crippen molar-refractivity contribution in [3.8, 4) is 11.5 Å². The van der Waals surface area contributed by atoms with Crippen molar-refractivity contribution in [3.63, 3.8) is 0 Å². The highest BCUT2D eigenvalue weighted by Crippen LogP contribution is 2.35. The van der Waals surface area contributed by atoms with Crippen molar-refractivity contribution in [1.82, 2.24) is 14.9 Å². The van der Waals surface area contributed by atoms with Crippen LogP contribution in [0, 0.1) is 0 Å². The van der Waals surface area contributed by atoms with Gasteiger partial charge in [-0.05, 0) is 31.0 Å². The van der Waals surface area contributed by atoms with E-state index < -0.39 is 0 Å². The maximum absolute atomic E-state index is 13.0. The monoisotopic (exact) mass is 340 g/mol. The number of carbonyl (C=O) groups excluding carboxylic acids is 1. The number of ether oxygens (including phenoxy) is 2. The molecule has 130 valence electrons. The first-order chi connectivity index (χ1) is 12.3. The molecule has 0 saturated carbocycles. The van der Waals surface area contributed by atoms with Crippen molar-refractivity contribution in [1.29, 1.82) is 0 Å². The Morgan fingerprint density at radius 3 is 2.92 bits per heavy atom. The molecule has 1 amide bonds. The number of aromatic nitrogens is 2. The van der Waals surface area contributed by atoms with Crippen LogP contribution in [0.25, 0.3) is 0 Å². The van der Waals surface area contributed by atoms with Crippen LogP contribution in [0.3, 0.4) is 0 Å². The van der Waals surface area contributed by atoms with Gasteiger partial charge in [-0.2, -0.15) is 0 Å². The first-order valence-corrected chi connectivity index (χ1v) is 8.46. The minimum absolute atomic E-state index is 0.0175. The van der Waals surface area contributed by atoms with Crippen molar-refractivity contribution in [2.75, 3.05) is 32.1 Å². The number of likely N-dealkylation sites (tertiary alicyclic amines) is 1. The summed E-state index contributed by atoms with van der Waals surface area (Å²) in [6.45, 7) is 1.75. The van der Waals surface area contributed by atoms with Gasteiger partial charge in [-0.3, -0.25) is 9.78 Å². The van der Waals surface area contributed by atoms with E-state index in [9.17, 15) is 4.79 Å². The summed E-state index contributed by atoms with van der Waals surface area (Å²) in [5.74, 6) is 2.01. The maximum atomic E-state index is 13.0. The van der Waals surface area contributed by atoms with Gasteiger partial charge >= 0.3 is 0 Å². The number of amides is 1. The molecule has 0 bridgehead atoms. The van der Waals surface area contributed by atoms with Crippen LogP contribution in [0.2, 0.25) is 0 Å². The first kappa shape index (κ1) is 15.7. The lowest BCUT2D eigenvalue weighted by molar-refractivity contribution is 0.0731. The van der Waals surface area contributed by atoms with Crippen LogP contribution in [-0.4, -0.2) is 47.6 Å². The Labute approximate surface area is 146 Å². The Morgan fingerprint density at radius 1 is 1.24 bits per heavy atom. The second kappa shape index (κ2) is 6.58. The van der Waals surface area contributed by atoms with Crippen LogP contribution in [-0.2, 0) is 0 Å². The minimum atomic E-state index is -0.0542. The molecule has 1 atom stereocenters. The van der Waals surface area contributed by atoms with E-state index in [4.69, 9.17) is 9.47 Å². The van der Waals surface area contributed by atoms with E-state index in [1.165, 1.54) is 0 Å². The van der Waals surface area contributed by atoms with Crippen molar-refractivity contribution in [2.45, 2.75) is 18.9 Å². The fraction of sp³-hybridized carbons (Fsp3) is 0.389. The zero-order chi connectivity index (χ0) is 17.2. The lowest BCUT2D eigenvalue weighted by Gasteiger charge is -2.25. The number of hydrogen-bond acceptors (Lipinski definition) is 6. The summed E-state index contributed by atoms with van der Waals surface area (Å²) < 4.78 is 11.1. The third-order valence-corrected chi connectivity index (χ3v) is 4.55. The fourth-order valence-electron chi connectivity index (χ4n) is 3.32. The maximum Gasteiger partial charge on any atom is 0.254 e. The highest BCUT2D eigenvalue weighted by atomic mass is 16.6. The molecular weight excluding hydrogens is 320 g/mol. The molecule has 3 heterocycles. The number of benzene rings is 1. The van der Waals surface area contributed by atoms with Gasteiger partial charge in [-0.25, -0.2) is 4.98 Å². The molecule has 1 fully saturated rings. The van der Waals surface area contributed by atoms with Crippen molar-refractivity contribution in [2.24, 2.45) is 0 Å². The summed E-state index contributed by atoms with van der Waals surface area (Å²) in [5, 5.41) is 2.99. The number of fused-ring (bicyclic) bond motifs is 1. The standard InChI is InChI=1S/C18H20N4O3/c1-19-17-11-20-10-13(21-17)14-3-2-6-22(14)18(23)12-4-5-15-16(9-12)25-8-7-24-15/h4-5,9-11,14H,2-3,6-8H2,1H3,(H,19,21)/t14-/m0/s1. The number of nitrogens with zero attached hydrogens (tertiary/aromatic N) is 3. The van der Waals surface area contributed by atoms with E-state index in [2.05, 4.69) is 15.3 Å². The molecule has 0 spiro atoms. The van der Waals surface area contributed by atoms with Crippen molar-refractivity contribution < 1.29 is 14.3 Å². The van der Waals surface area contributed by atoms with Gasteiger partial charge in [0.15, 0.2) is 11.5 Å². The number of rotatable bonds is 3. The van der Waals surface area contributed by atoms with Gasteiger partial charge < -0.3 is 19.7 Å². The molecule has 2 aliphatic heterocycles. The van der Waals surface area contributed by atoms with Gasteiger partial charge in [0, 0.05) is 19.2 Å². The molecule has 2 aromatic rings. The van der Waals surface area contributed by atoms with Crippen LogP contribution < -0.4 is 14.8 Å². The highest BCUT2D eigenvalue weighted by molar-refractivity contribution is 5.95. The first-order valence-electron chi connectivity index (χ1n) is 8.46. The topological polar surface area (TPSA) is 76.6 Å². The Bertz CT molecular complexity index is 796. The van der Waals surface area contributed by atoms with Crippen molar-refractivity contribution in [3.05, 3.63) is 41.9 Å². The molecule has 25 heavy (non-hydrogen) atoms. The van der Waals surface area contributed by atoms with Crippen LogP contribution in [0.4, 0.5) is 5.82 Å². The van der Waals surface area contributed by atoms with Crippen LogP contribution in [0.1, 0.15) is 34.9 Å². The van der Waals surface area contributed by atoms with E-state index in [0.29, 0.717) is 42.6 Å². The van der Waals surface area contributed by atoms with Crippen molar-refractivity contribution >= 4 is 11.7 Å².